The number of hydrogen-bond acceptors (Lipinski definition) is 2. The third kappa shape index (κ3) is 4.32. The monoisotopic (exact) mass is 276 g/mol. The van der Waals surface area contributed by atoms with Crippen LogP contribution in [0.3, 0.4) is 0 Å². The molecule has 2 nitrogen and oxygen atoms in total. The van der Waals surface area contributed by atoms with Gasteiger partial charge >= 0.3 is 0 Å². The highest BCUT2D eigenvalue weighted by Gasteiger charge is 2.23. The molecule has 0 heterocycles. The van der Waals surface area contributed by atoms with Gasteiger partial charge in [-0.3, -0.25) is 4.90 Å². The van der Waals surface area contributed by atoms with E-state index in [-0.39, 0.29) is 0 Å². The van der Waals surface area contributed by atoms with Gasteiger partial charge in [0, 0.05) is 18.6 Å². The maximum Gasteiger partial charge on any atom is 0.0475 e. The fourth-order valence-electron chi connectivity index (χ4n) is 2.90. The number of rotatable bonds is 8. The maximum atomic E-state index is 6.14. The summed E-state index contributed by atoms with van der Waals surface area (Å²) in [5, 5.41) is 0. The molecule has 114 valence electrons. The standard InChI is InChI=1S/C18H32N2/c1-6-8-11-20(16(5)7-2)18(13-19)17-10-9-14(3)12-15(17)4/h9-10,12,16,18H,6-8,11,13,19H2,1-5H3. The average molecular weight is 276 g/mol. The molecule has 0 aliphatic heterocycles. The van der Waals surface area contributed by atoms with E-state index in [9.17, 15) is 0 Å². The van der Waals surface area contributed by atoms with Crippen LogP contribution in [-0.4, -0.2) is 24.0 Å². The van der Waals surface area contributed by atoms with Crippen LogP contribution in [0, 0.1) is 13.8 Å². The summed E-state index contributed by atoms with van der Waals surface area (Å²) in [6.45, 7) is 13.0. The van der Waals surface area contributed by atoms with E-state index >= 15 is 0 Å². The first-order valence-electron chi connectivity index (χ1n) is 8.08. The van der Waals surface area contributed by atoms with Gasteiger partial charge in [0.05, 0.1) is 0 Å². The molecule has 0 aliphatic rings. The van der Waals surface area contributed by atoms with Gasteiger partial charge in [-0.05, 0) is 51.3 Å². The van der Waals surface area contributed by atoms with Crippen LogP contribution in [-0.2, 0) is 0 Å². The van der Waals surface area contributed by atoms with Crippen LogP contribution in [0.15, 0.2) is 18.2 Å². The molecule has 0 radical (unpaired) electrons. The quantitative estimate of drug-likeness (QED) is 0.771. The third-order valence-electron chi connectivity index (χ3n) is 4.33. The molecule has 0 saturated heterocycles. The van der Waals surface area contributed by atoms with Crippen LogP contribution in [0.25, 0.3) is 0 Å². The third-order valence-corrected chi connectivity index (χ3v) is 4.33. The zero-order chi connectivity index (χ0) is 15.1. The Balaban J connectivity index is 3.04. The minimum absolute atomic E-state index is 0.345. The van der Waals surface area contributed by atoms with Gasteiger partial charge in [0.1, 0.15) is 0 Å². The first kappa shape index (κ1) is 17.2. The maximum absolute atomic E-state index is 6.14. The van der Waals surface area contributed by atoms with Crippen molar-refractivity contribution in [3.05, 3.63) is 34.9 Å². The minimum Gasteiger partial charge on any atom is -0.329 e. The van der Waals surface area contributed by atoms with E-state index in [0.717, 1.165) is 6.54 Å². The van der Waals surface area contributed by atoms with E-state index in [1.165, 1.54) is 36.0 Å². The van der Waals surface area contributed by atoms with Crippen LogP contribution >= 0.6 is 0 Å². The number of aryl methyl sites for hydroxylation is 2. The zero-order valence-corrected chi connectivity index (χ0v) is 13.9. The molecule has 2 heteroatoms. The van der Waals surface area contributed by atoms with Crippen molar-refractivity contribution in [1.29, 1.82) is 0 Å². The second-order valence-electron chi connectivity index (χ2n) is 5.96. The Morgan fingerprint density at radius 2 is 1.90 bits per heavy atom. The molecule has 0 aromatic heterocycles. The molecule has 0 aliphatic carbocycles. The van der Waals surface area contributed by atoms with E-state index in [1.807, 2.05) is 0 Å². The van der Waals surface area contributed by atoms with Gasteiger partial charge in [0.25, 0.3) is 0 Å². The van der Waals surface area contributed by atoms with E-state index in [4.69, 9.17) is 5.73 Å². The molecule has 2 unspecified atom stereocenters. The van der Waals surface area contributed by atoms with Crippen LogP contribution < -0.4 is 5.73 Å². The predicted octanol–water partition coefficient (Wildman–Crippen LogP) is 4.20. The Morgan fingerprint density at radius 1 is 1.20 bits per heavy atom. The molecule has 0 bridgehead atoms. The molecule has 0 spiro atoms. The fourth-order valence-corrected chi connectivity index (χ4v) is 2.90. The molecule has 1 aromatic rings. The number of nitrogens with zero attached hydrogens (tertiary/aromatic N) is 1. The summed E-state index contributed by atoms with van der Waals surface area (Å²) < 4.78 is 0. The van der Waals surface area contributed by atoms with Gasteiger partial charge in [-0.2, -0.15) is 0 Å². The van der Waals surface area contributed by atoms with Gasteiger partial charge in [0.2, 0.25) is 0 Å². The first-order valence-corrected chi connectivity index (χ1v) is 8.08. The highest BCUT2D eigenvalue weighted by atomic mass is 15.2. The van der Waals surface area contributed by atoms with Crippen molar-refractivity contribution in [3.63, 3.8) is 0 Å². The lowest BCUT2D eigenvalue weighted by Gasteiger charge is -2.36. The fraction of sp³-hybridized carbons (Fsp3) is 0.667. The lowest BCUT2D eigenvalue weighted by atomic mass is 9.96. The molecule has 1 aromatic carbocycles. The average Bonchev–Trinajstić information content (AvgIpc) is 2.44. The van der Waals surface area contributed by atoms with Gasteiger partial charge in [-0.15, -0.1) is 0 Å². The smallest absolute Gasteiger partial charge is 0.0475 e. The van der Waals surface area contributed by atoms with Crippen LogP contribution in [0.2, 0.25) is 0 Å². The summed E-state index contributed by atoms with van der Waals surface area (Å²) in [7, 11) is 0. The summed E-state index contributed by atoms with van der Waals surface area (Å²) in [5.41, 5.74) is 10.2. The summed E-state index contributed by atoms with van der Waals surface area (Å²) in [5.74, 6) is 0. The van der Waals surface area contributed by atoms with E-state index in [1.54, 1.807) is 0 Å². The van der Waals surface area contributed by atoms with E-state index in [2.05, 4.69) is 57.7 Å². The molecular formula is C18H32N2. The Kier molecular flexibility index (Phi) is 7.25. The molecular weight excluding hydrogens is 244 g/mol. The van der Waals surface area contributed by atoms with Crippen molar-refractivity contribution in [2.24, 2.45) is 5.73 Å². The van der Waals surface area contributed by atoms with Gasteiger partial charge < -0.3 is 5.73 Å². The van der Waals surface area contributed by atoms with Crippen LogP contribution in [0.1, 0.15) is 62.8 Å². The number of hydrogen-bond donors (Lipinski definition) is 1. The van der Waals surface area contributed by atoms with Crippen molar-refractivity contribution in [3.8, 4) is 0 Å². The largest absolute Gasteiger partial charge is 0.329 e. The molecule has 0 saturated carbocycles. The molecule has 0 fully saturated rings. The van der Waals surface area contributed by atoms with E-state index < -0.39 is 0 Å². The van der Waals surface area contributed by atoms with Crippen LogP contribution in [0.4, 0.5) is 0 Å². The highest BCUT2D eigenvalue weighted by molar-refractivity contribution is 5.33. The molecule has 1 rings (SSSR count). The molecule has 2 atom stereocenters. The first-order chi connectivity index (χ1) is 9.54. The highest BCUT2D eigenvalue weighted by Crippen LogP contribution is 2.27. The Morgan fingerprint density at radius 3 is 2.40 bits per heavy atom. The van der Waals surface area contributed by atoms with E-state index in [0.29, 0.717) is 18.6 Å². The Hall–Kier alpha value is -0.860. The lowest BCUT2D eigenvalue weighted by Crippen LogP contribution is -2.40. The van der Waals surface area contributed by atoms with Crippen molar-refractivity contribution >= 4 is 0 Å². The molecule has 2 N–H and O–H groups in total. The predicted molar refractivity (Wildman–Crippen MR) is 89.1 cm³/mol. The number of nitrogens with two attached hydrogens (primary N) is 1. The SMILES string of the molecule is CCCCN(C(C)CC)C(CN)c1ccc(C)cc1C. The van der Waals surface area contributed by atoms with Gasteiger partial charge in [0.15, 0.2) is 0 Å². The van der Waals surface area contributed by atoms with Crippen molar-refractivity contribution in [2.45, 2.75) is 66.0 Å². The zero-order valence-electron chi connectivity index (χ0n) is 13.9. The van der Waals surface area contributed by atoms with Crippen molar-refractivity contribution < 1.29 is 0 Å². The van der Waals surface area contributed by atoms with Crippen molar-refractivity contribution in [2.75, 3.05) is 13.1 Å². The summed E-state index contributed by atoms with van der Waals surface area (Å²) in [6, 6.07) is 7.67. The van der Waals surface area contributed by atoms with Gasteiger partial charge in [-0.25, -0.2) is 0 Å². The lowest BCUT2D eigenvalue weighted by molar-refractivity contribution is 0.140. The van der Waals surface area contributed by atoms with Gasteiger partial charge in [-0.1, -0.05) is 44.0 Å². The van der Waals surface area contributed by atoms with Crippen molar-refractivity contribution in [1.82, 2.24) is 4.90 Å². The normalized spacial score (nSPS) is 14.6. The second-order valence-corrected chi connectivity index (χ2v) is 5.96. The van der Waals surface area contributed by atoms with Crippen LogP contribution in [0.5, 0.6) is 0 Å². The molecule has 0 amide bonds. The molecule has 20 heavy (non-hydrogen) atoms. The summed E-state index contributed by atoms with van der Waals surface area (Å²) >= 11 is 0. The Labute approximate surface area is 125 Å². The minimum atomic E-state index is 0.345. The Bertz CT molecular complexity index is 400. The number of benzene rings is 1. The summed E-state index contributed by atoms with van der Waals surface area (Å²) in [4.78, 5) is 2.60. The topological polar surface area (TPSA) is 29.3 Å². The second kappa shape index (κ2) is 8.43. The number of unbranched alkanes of at least 4 members (excludes halogenated alkanes) is 1. The summed E-state index contributed by atoms with van der Waals surface area (Å²) in [6.07, 6.45) is 3.65.